The van der Waals surface area contributed by atoms with E-state index in [1.807, 2.05) is 54.6 Å². The Labute approximate surface area is 201 Å². The Bertz CT molecular complexity index is 1270. The molecule has 4 heteroatoms. The molecule has 0 aliphatic carbocycles. The summed E-state index contributed by atoms with van der Waals surface area (Å²) in [6, 6.07) is 30.5. The van der Waals surface area contributed by atoms with E-state index in [0.717, 1.165) is 64.8 Å². The normalized spacial score (nSPS) is 14.7. The number of rotatable bonds is 6. The molecule has 4 aromatic carbocycles. The van der Waals surface area contributed by atoms with Gasteiger partial charge in [-0.15, -0.1) is 0 Å². The summed E-state index contributed by atoms with van der Waals surface area (Å²) in [4.78, 5) is 15.1. The van der Waals surface area contributed by atoms with Crippen molar-refractivity contribution in [2.24, 2.45) is 0 Å². The molecule has 4 nitrogen and oxygen atoms in total. The summed E-state index contributed by atoms with van der Waals surface area (Å²) in [5.41, 5.74) is 4.00. The van der Waals surface area contributed by atoms with Gasteiger partial charge in [-0.3, -0.25) is 4.79 Å². The molecule has 4 aromatic rings. The van der Waals surface area contributed by atoms with Gasteiger partial charge in [0.05, 0.1) is 6.42 Å². The molecule has 1 heterocycles. The van der Waals surface area contributed by atoms with Crippen LogP contribution in [-0.2, 0) is 11.2 Å². The Hall–Kier alpha value is -3.63. The standard InChI is InChI=1S/C30H30N2O2/c1-32-18-16-28(17-19-32)34-27-14-12-22(13-15-27)24-8-5-10-26(20-24)31-30(33)21-25-9-4-7-23-6-2-3-11-29(23)25/h2-15,20,28H,16-19,21H2,1H3,(H,31,33). The van der Waals surface area contributed by atoms with Crippen molar-refractivity contribution in [3.63, 3.8) is 0 Å². The predicted molar refractivity (Wildman–Crippen MR) is 139 cm³/mol. The molecule has 1 N–H and O–H groups in total. The van der Waals surface area contributed by atoms with Crippen molar-refractivity contribution in [2.45, 2.75) is 25.4 Å². The lowest BCUT2D eigenvalue weighted by molar-refractivity contribution is -0.115. The number of hydrogen-bond donors (Lipinski definition) is 1. The fourth-order valence-corrected chi connectivity index (χ4v) is 4.62. The molecule has 0 spiro atoms. The largest absolute Gasteiger partial charge is 0.490 e. The summed E-state index contributed by atoms with van der Waals surface area (Å²) >= 11 is 0. The fraction of sp³-hybridized carbons (Fsp3) is 0.233. The van der Waals surface area contributed by atoms with Crippen LogP contribution in [0.3, 0.4) is 0 Å². The van der Waals surface area contributed by atoms with Crippen molar-refractivity contribution in [1.82, 2.24) is 4.90 Å². The molecular formula is C30H30N2O2. The monoisotopic (exact) mass is 450 g/mol. The minimum atomic E-state index is -0.0182. The van der Waals surface area contributed by atoms with Gasteiger partial charge in [0, 0.05) is 18.8 Å². The number of nitrogens with one attached hydrogen (secondary N) is 1. The lowest BCUT2D eigenvalue weighted by Gasteiger charge is -2.29. The molecule has 1 saturated heterocycles. The van der Waals surface area contributed by atoms with Crippen molar-refractivity contribution in [1.29, 1.82) is 0 Å². The average Bonchev–Trinajstić information content (AvgIpc) is 2.86. The Kier molecular flexibility index (Phi) is 6.59. The highest BCUT2D eigenvalue weighted by atomic mass is 16.5. The summed E-state index contributed by atoms with van der Waals surface area (Å²) in [5, 5.41) is 5.34. The molecule has 5 rings (SSSR count). The molecule has 1 fully saturated rings. The van der Waals surface area contributed by atoms with Gasteiger partial charge < -0.3 is 15.0 Å². The Balaban J connectivity index is 1.24. The fourth-order valence-electron chi connectivity index (χ4n) is 4.62. The first-order valence-electron chi connectivity index (χ1n) is 12.0. The van der Waals surface area contributed by atoms with E-state index in [4.69, 9.17) is 4.74 Å². The number of amides is 1. The van der Waals surface area contributed by atoms with E-state index in [1.54, 1.807) is 0 Å². The molecule has 0 bridgehead atoms. The number of fused-ring (bicyclic) bond motifs is 1. The first-order chi connectivity index (χ1) is 16.6. The molecule has 1 aliphatic rings. The van der Waals surface area contributed by atoms with E-state index < -0.39 is 0 Å². The highest BCUT2D eigenvalue weighted by Crippen LogP contribution is 2.27. The van der Waals surface area contributed by atoms with E-state index in [9.17, 15) is 4.79 Å². The number of carbonyl (C=O) groups excluding carboxylic acids is 1. The van der Waals surface area contributed by atoms with Crippen LogP contribution in [0.4, 0.5) is 5.69 Å². The number of piperidine rings is 1. The molecule has 0 radical (unpaired) electrons. The van der Waals surface area contributed by atoms with Crippen LogP contribution in [0.1, 0.15) is 18.4 Å². The van der Waals surface area contributed by atoms with Crippen molar-refractivity contribution in [3.05, 3.63) is 96.6 Å². The number of ether oxygens (including phenoxy) is 1. The van der Waals surface area contributed by atoms with Crippen molar-refractivity contribution in [2.75, 3.05) is 25.5 Å². The molecular weight excluding hydrogens is 420 g/mol. The van der Waals surface area contributed by atoms with E-state index in [1.165, 1.54) is 0 Å². The molecule has 1 amide bonds. The number of carbonyl (C=O) groups is 1. The van der Waals surface area contributed by atoms with Crippen LogP contribution < -0.4 is 10.1 Å². The Morgan fingerprint density at radius 1 is 0.882 bits per heavy atom. The summed E-state index contributed by atoms with van der Waals surface area (Å²) < 4.78 is 6.17. The van der Waals surface area contributed by atoms with Gasteiger partial charge >= 0.3 is 0 Å². The molecule has 0 saturated carbocycles. The van der Waals surface area contributed by atoms with E-state index >= 15 is 0 Å². The van der Waals surface area contributed by atoms with Gasteiger partial charge in [0.1, 0.15) is 11.9 Å². The van der Waals surface area contributed by atoms with Crippen molar-refractivity contribution < 1.29 is 9.53 Å². The number of hydrogen-bond acceptors (Lipinski definition) is 3. The van der Waals surface area contributed by atoms with Crippen LogP contribution >= 0.6 is 0 Å². The van der Waals surface area contributed by atoms with Crippen LogP contribution in [0.25, 0.3) is 21.9 Å². The van der Waals surface area contributed by atoms with Gasteiger partial charge in [0.15, 0.2) is 0 Å². The Morgan fingerprint density at radius 2 is 1.62 bits per heavy atom. The minimum Gasteiger partial charge on any atom is -0.490 e. The zero-order valence-corrected chi connectivity index (χ0v) is 19.5. The van der Waals surface area contributed by atoms with Gasteiger partial charge in [-0.05, 0) is 71.6 Å². The van der Waals surface area contributed by atoms with Crippen LogP contribution in [-0.4, -0.2) is 37.0 Å². The number of benzene rings is 4. The van der Waals surface area contributed by atoms with Gasteiger partial charge in [-0.2, -0.15) is 0 Å². The predicted octanol–water partition coefficient (Wildman–Crippen LogP) is 6.16. The van der Waals surface area contributed by atoms with Crippen molar-refractivity contribution >= 4 is 22.4 Å². The van der Waals surface area contributed by atoms with E-state index in [2.05, 4.69) is 53.7 Å². The van der Waals surface area contributed by atoms with Crippen LogP contribution in [0.5, 0.6) is 5.75 Å². The second kappa shape index (κ2) is 10.1. The third kappa shape index (κ3) is 5.29. The summed E-state index contributed by atoms with van der Waals surface area (Å²) in [6.07, 6.45) is 2.77. The quantitative estimate of drug-likeness (QED) is 0.382. The topological polar surface area (TPSA) is 41.6 Å². The molecule has 34 heavy (non-hydrogen) atoms. The maximum atomic E-state index is 12.8. The summed E-state index contributed by atoms with van der Waals surface area (Å²) in [7, 11) is 2.16. The van der Waals surface area contributed by atoms with Crippen molar-refractivity contribution in [3.8, 4) is 16.9 Å². The van der Waals surface area contributed by atoms with Gasteiger partial charge in [0.25, 0.3) is 0 Å². The third-order valence-corrected chi connectivity index (χ3v) is 6.53. The first-order valence-corrected chi connectivity index (χ1v) is 12.0. The lowest BCUT2D eigenvalue weighted by Crippen LogP contribution is -2.35. The summed E-state index contributed by atoms with van der Waals surface area (Å²) in [6.45, 7) is 2.17. The second-order valence-electron chi connectivity index (χ2n) is 9.09. The third-order valence-electron chi connectivity index (χ3n) is 6.53. The maximum absolute atomic E-state index is 12.8. The number of likely N-dealkylation sites (tertiary alicyclic amines) is 1. The molecule has 1 aliphatic heterocycles. The summed E-state index contributed by atoms with van der Waals surface area (Å²) in [5.74, 6) is 0.897. The number of nitrogens with zero attached hydrogens (tertiary/aromatic N) is 1. The first kappa shape index (κ1) is 22.2. The highest BCUT2D eigenvalue weighted by Gasteiger charge is 2.18. The molecule has 172 valence electrons. The van der Waals surface area contributed by atoms with Crippen LogP contribution in [0.15, 0.2) is 91.0 Å². The highest BCUT2D eigenvalue weighted by molar-refractivity contribution is 5.96. The number of anilines is 1. The van der Waals surface area contributed by atoms with Crippen LogP contribution in [0, 0.1) is 0 Å². The molecule has 0 aromatic heterocycles. The van der Waals surface area contributed by atoms with Gasteiger partial charge in [-0.1, -0.05) is 66.7 Å². The van der Waals surface area contributed by atoms with E-state index in [-0.39, 0.29) is 5.91 Å². The lowest BCUT2D eigenvalue weighted by atomic mass is 10.0. The average molecular weight is 451 g/mol. The molecule has 0 unspecified atom stereocenters. The van der Waals surface area contributed by atoms with Crippen LogP contribution in [0.2, 0.25) is 0 Å². The zero-order valence-electron chi connectivity index (χ0n) is 19.5. The van der Waals surface area contributed by atoms with Gasteiger partial charge in [-0.25, -0.2) is 0 Å². The smallest absolute Gasteiger partial charge is 0.228 e. The Morgan fingerprint density at radius 3 is 2.44 bits per heavy atom. The second-order valence-corrected chi connectivity index (χ2v) is 9.09. The molecule has 0 atom stereocenters. The van der Waals surface area contributed by atoms with E-state index in [0.29, 0.717) is 12.5 Å². The maximum Gasteiger partial charge on any atom is 0.228 e. The zero-order chi connectivity index (χ0) is 23.3. The SMILES string of the molecule is CN1CCC(Oc2ccc(-c3cccc(NC(=O)Cc4cccc5ccccc45)c3)cc2)CC1. The minimum absolute atomic E-state index is 0.0182. The van der Waals surface area contributed by atoms with Gasteiger partial charge in [0.2, 0.25) is 5.91 Å².